The Morgan fingerprint density at radius 2 is 2.40 bits per heavy atom. The van der Waals surface area contributed by atoms with E-state index in [9.17, 15) is 4.79 Å². The lowest BCUT2D eigenvalue weighted by Crippen LogP contribution is -2.36. The Balaban J connectivity index is 2.03. The number of hydrogen-bond acceptors (Lipinski definition) is 6. The lowest BCUT2D eigenvalue weighted by atomic mass is 10.1. The summed E-state index contributed by atoms with van der Waals surface area (Å²) in [4.78, 5) is 11.9. The van der Waals surface area contributed by atoms with E-state index in [1.165, 1.54) is 0 Å². The number of nitrogens with two attached hydrogens (primary N) is 1. The van der Waals surface area contributed by atoms with Crippen LogP contribution < -0.4 is 11.1 Å². The number of nitrogens with one attached hydrogen (secondary N) is 2. The van der Waals surface area contributed by atoms with E-state index in [0.29, 0.717) is 17.9 Å². The maximum atomic E-state index is 11.9. The zero-order chi connectivity index (χ0) is 14.4. The minimum atomic E-state index is -0.503. The first kappa shape index (κ1) is 14.5. The Kier molecular flexibility index (Phi) is 5.08. The van der Waals surface area contributed by atoms with Gasteiger partial charge in [0, 0.05) is 11.3 Å². The molecule has 0 fully saturated rings. The van der Waals surface area contributed by atoms with Crippen molar-refractivity contribution in [1.82, 2.24) is 20.6 Å². The first-order valence-corrected chi connectivity index (χ1v) is 7.49. The van der Waals surface area contributed by atoms with E-state index in [2.05, 4.69) is 25.9 Å². The molecule has 20 heavy (non-hydrogen) atoms. The third-order valence-corrected chi connectivity index (χ3v) is 3.35. The minimum Gasteiger partial charge on any atom is -0.325 e. The number of anilines is 1. The summed E-state index contributed by atoms with van der Waals surface area (Å²) in [6.45, 7) is 0. The average molecular weight is 292 g/mol. The number of carbonyl (C=O) groups is 1. The molecule has 106 valence electrons. The molecule has 2 aromatic rings. The highest BCUT2D eigenvalue weighted by molar-refractivity contribution is 7.98. The molecule has 0 bridgehead atoms. The third-order valence-electron chi connectivity index (χ3n) is 2.70. The highest BCUT2D eigenvalue weighted by Gasteiger charge is 2.13. The maximum absolute atomic E-state index is 11.9. The van der Waals surface area contributed by atoms with E-state index in [1.807, 2.05) is 18.4 Å². The van der Waals surface area contributed by atoms with Crippen molar-refractivity contribution >= 4 is 23.4 Å². The predicted molar refractivity (Wildman–Crippen MR) is 79.2 cm³/mol. The van der Waals surface area contributed by atoms with Crippen LogP contribution in [0, 0.1) is 0 Å². The highest BCUT2D eigenvalue weighted by Crippen LogP contribution is 2.18. The summed E-state index contributed by atoms with van der Waals surface area (Å²) in [6, 6.07) is 6.73. The minimum absolute atomic E-state index is 0.190. The molecule has 1 amide bonds. The summed E-state index contributed by atoms with van der Waals surface area (Å²) in [6.07, 6.45) is 2.64. The van der Waals surface area contributed by atoms with Crippen molar-refractivity contribution in [3.8, 4) is 11.4 Å². The number of carbonyl (C=O) groups excluding carboxylic acids is 1. The van der Waals surface area contributed by atoms with Crippen LogP contribution >= 0.6 is 11.8 Å². The molecule has 1 aromatic heterocycles. The third kappa shape index (κ3) is 3.78. The molecule has 0 saturated carbocycles. The molecule has 2 rings (SSSR count). The molecular formula is C12H16N6OS. The summed E-state index contributed by atoms with van der Waals surface area (Å²) in [7, 11) is 0. The number of aromatic nitrogens is 4. The number of rotatable bonds is 6. The molecule has 8 heteroatoms. The van der Waals surface area contributed by atoms with E-state index in [4.69, 9.17) is 5.73 Å². The first-order valence-electron chi connectivity index (χ1n) is 6.10. The lowest BCUT2D eigenvalue weighted by Gasteiger charge is -2.11. The van der Waals surface area contributed by atoms with Crippen LogP contribution in [0.1, 0.15) is 6.42 Å². The van der Waals surface area contributed by atoms with Gasteiger partial charge in [-0.2, -0.15) is 17.0 Å². The van der Waals surface area contributed by atoms with Crippen molar-refractivity contribution < 1.29 is 4.79 Å². The van der Waals surface area contributed by atoms with Gasteiger partial charge in [0.25, 0.3) is 0 Å². The molecule has 1 aromatic carbocycles. The second kappa shape index (κ2) is 7.01. The fourth-order valence-corrected chi connectivity index (χ4v) is 2.12. The number of thioether (sulfide) groups is 1. The Labute approximate surface area is 120 Å². The smallest absolute Gasteiger partial charge is 0.241 e. The molecular weight excluding hydrogens is 276 g/mol. The van der Waals surface area contributed by atoms with Crippen LogP contribution in [0.3, 0.4) is 0 Å². The fraction of sp³-hybridized carbons (Fsp3) is 0.333. The van der Waals surface area contributed by atoms with Crippen LogP contribution in [0.2, 0.25) is 0 Å². The molecule has 0 unspecified atom stereocenters. The Hall–Kier alpha value is -1.93. The molecule has 0 saturated heterocycles. The monoisotopic (exact) mass is 292 g/mol. The fourth-order valence-electron chi connectivity index (χ4n) is 1.63. The van der Waals surface area contributed by atoms with E-state index < -0.39 is 6.04 Å². The van der Waals surface area contributed by atoms with Gasteiger partial charge in [-0.1, -0.05) is 12.1 Å². The van der Waals surface area contributed by atoms with Crippen molar-refractivity contribution in [3.05, 3.63) is 24.3 Å². The topological polar surface area (TPSA) is 110 Å². The van der Waals surface area contributed by atoms with Gasteiger partial charge in [-0.15, -0.1) is 10.2 Å². The van der Waals surface area contributed by atoms with Crippen molar-refractivity contribution in [2.45, 2.75) is 12.5 Å². The van der Waals surface area contributed by atoms with Gasteiger partial charge in [-0.3, -0.25) is 4.79 Å². The van der Waals surface area contributed by atoms with Crippen molar-refractivity contribution in [2.75, 3.05) is 17.3 Å². The van der Waals surface area contributed by atoms with Gasteiger partial charge in [-0.05, 0) is 35.8 Å². The van der Waals surface area contributed by atoms with Gasteiger partial charge in [0.05, 0.1) is 6.04 Å². The van der Waals surface area contributed by atoms with Gasteiger partial charge < -0.3 is 11.1 Å². The van der Waals surface area contributed by atoms with Crippen LogP contribution in [-0.2, 0) is 4.79 Å². The van der Waals surface area contributed by atoms with Crippen molar-refractivity contribution in [1.29, 1.82) is 0 Å². The number of aromatic amines is 1. The largest absolute Gasteiger partial charge is 0.325 e. The number of H-pyrrole nitrogens is 1. The summed E-state index contributed by atoms with van der Waals surface area (Å²) in [5, 5.41) is 16.5. The Morgan fingerprint density at radius 1 is 1.55 bits per heavy atom. The zero-order valence-corrected chi connectivity index (χ0v) is 11.9. The quantitative estimate of drug-likeness (QED) is 0.729. The summed E-state index contributed by atoms with van der Waals surface area (Å²) < 4.78 is 0. The first-order chi connectivity index (χ1) is 9.70. The van der Waals surface area contributed by atoms with Crippen molar-refractivity contribution in [2.24, 2.45) is 5.73 Å². The van der Waals surface area contributed by atoms with Gasteiger partial charge in [0.15, 0.2) is 0 Å². The van der Waals surface area contributed by atoms with Gasteiger partial charge in [-0.25, -0.2) is 0 Å². The molecule has 0 spiro atoms. The lowest BCUT2D eigenvalue weighted by molar-refractivity contribution is -0.117. The highest BCUT2D eigenvalue weighted by atomic mass is 32.2. The number of amides is 1. The van der Waals surface area contributed by atoms with E-state index >= 15 is 0 Å². The van der Waals surface area contributed by atoms with Crippen LogP contribution in [0.5, 0.6) is 0 Å². The van der Waals surface area contributed by atoms with E-state index in [-0.39, 0.29) is 5.91 Å². The molecule has 1 atom stereocenters. The van der Waals surface area contributed by atoms with Crippen LogP contribution in [-0.4, -0.2) is 44.6 Å². The molecule has 1 heterocycles. The van der Waals surface area contributed by atoms with Gasteiger partial charge >= 0.3 is 0 Å². The average Bonchev–Trinajstić information content (AvgIpc) is 2.99. The molecule has 7 nitrogen and oxygen atoms in total. The summed E-state index contributed by atoms with van der Waals surface area (Å²) >= 11 is 1.67. The zero-order valence-electron chi connectivity index (χ0n) is 11.0. The molecule has 0 aliphatic rings. The molecule has 0 radical (unpaired) electrons. The Morgan fingerprint density at radius 3 is 3.10 bits per heavy atom. The molecule has 0 aliphatic carbocycles. The molecule has 0 aliphatic heterocycles. The van der Waals surface area contributed by atoms with Crippen LogP contribution in [0.15, 0.2) is 24.3 Å². The summed E-state index contributed by atoms with van der Waals surface area (Å²) in [5.41, 5.74) is 7.25. The van der Waals surface area contributed by atoms with Crippen molar-refractivity contribution in [3.63, 3.8) is 0 Å². The SMILES string of the molecule is CSCC[C@H](N)C(=O)Nc1cccc(-c2nn[nH]n2)c1. The van der Waals surface area contributed by atoms with Gasteiger partial charge in [0.1, 0.15) is 0 Å². The number of hydrogen-bond donors (Lipinski definition) is 3. The normalized spacial score (nSPS) is 12.1. The number of tetrazole rings is 1. The van der Waals surface area contributed by atoms with Crippen LogP contribution in [0.4, 0.5) is 5.69 Å². The summed E-state index contributed by atoms with van der Waals surface area (Å²) in [5.74, 6) is 1.15. The Bertz CT molecular complexity index is 559. The maximum Gasteiger partial charge on any atom is 0.241 e. The van der Waals surface area contributed by atoms with Gasteiger partial charge in [0.2, 0.25) is 11.7 Å². The van der Waals surface area contributed by atoms with E-state index in [0.717, 1.165) is 11.3 Å². The number of benzene rings is 1. The second-order valence-electron chi connectivity index (χ2n) is 4.19. The number of nitrogens with zero attached hydrogens (tertiary/aromatic N) is 3. The van der Waals surface area contributed by atoms with E-state index in [1.54, 1.807) is 23.9 Å². The predicted octanol–water partition coefficient (Wildman–Crippen LogP) is 0.886. The second-order valence-corrected chi connectivity index (χ2v) is 5.18. The van der Waals surface area contributed by atoms with Crippen LogP contribution in [0.25, 0.3) is 11.4 Å². The molecule has 4 N–H and O–H groups in total. The standard InChI is InChI=1S/C12H16N6OS/c1-20-6-5-10(13)12(19)14-9-4-2-3-8(7-9)11-15-17-18-16-11/h2-4,7,10H,5-6,13H2,1H3,(H,14,19)(H,15,16,17,18)/t10-/m0/s1.